The van der Waals surface area contributed by atoms with Crippen LogP contribution in [-0.2, 0) is 11.3 Å². The van der Waals surface area contributed by atoms with Gasteiger partial charge in [-0.05, 0) is 37.5 Å². The normalized spacial score (nSPS) is 17.8. The lowest BCUT2D eigenvalue weighted by molar-refractivity contribution is -0.121. The molecule has 1 aliphatic heterocycles. The molecule has 1 fully saturated rings. The van der Waals surface area contributed by atoms with Gasteiger partial charge in [0.25, 0.3) is 0 Å². The lowest BCUT2D eigenvalue weighted by Gasteiger charge is -2.32. The fraction of sp³-hybridized carbons (Fsp3) is 0.632. The highest BCUT2D eigenvalue weighted by Gasteiger charge is 2.22. The summed E-state index contributed by atoms with van der Waals surface area (Å²) in [7, 11) is 0. The average Bonchev–Trinajstić information content (AvgIpc) is 2.57. The van der Waals surface area contributed by atoms with Crippen molar-refractivity contribution in [3.8, 4) is 0 Å². The summed E-state index contributed by atoms with van der Waals surface area (Å²) in [6.45, 7) is 7.37. The Bertz CT molecular complexity index is 458. The molecule has 3 nitrogen and oxygen atoms in total. The molecular formula is C19H30N2OS. The van der Waals surface area contributed by atoms with Gasteiger partial charge >= 0.3 is 0 Å². The molecule has 128 valence electrons. The van der Waals surface area contributed by atoms with E-state index >= 15 is 0 Å². The molecule has 2 rings (SSSR count). The summed E-state index contributed by atoms with van der Waals surface area (Å²) in [4.78, 5) is 14.7. The number of amides is 1. The molecule has 1 amide bonds. The Morgan fingerprint density at radius 2 is 2.00 bits per heavy atom. The Morgan fingerprint density at radius 1 is 1.30 bits per heavy atom. The van der Waals surface area contributed by atoms with Crippen LogP contribution in [0.5, 0.6) is 0 Å². The quantitative estimate of drug-likeness (QED) is 0.736. The zero-order valence-electron chi connectivity index (χ0n) is 14.5. The van der Waals surface area contributed by atoms with Crippen LogP contribution in [0, 0.1) is 0 Å². The fourth-order valence-electron chi connectivity index (χ4n) is 2.88. The Balaban J connectivity index is 1.67. The maximum Gasteiger partial charge on any atom is 0.233 e. The molecular weight excluding hydrogens is 304 g/mol. The van der Waals surface area contributed by atoms with Crippen molar-refractivity contribution in [1.29, 1.82) is 0 Å². The summed E-state index contributed by atoms with van der Waals surface area (Å²) in [5.41, 5.74) is 1.37. The van der Waals surface area contributed by atoms with E-state index in [2.05, 4.69) is 47.5 Å². The van der Waals surface area contributed by atoms with Crippen LogP contribution in [0.2, 0.25) is 0 Å². The lowest BCUT2D eigenvalue weighted by atomic mass is 10.0. The van der Waals surface area contributed by atoms with Crippen LogP contribution in [0.1, 0.15) is 45.1 Å². The van der Waals surface area contributed by atoms with Gasteiger partial charge in [-0.1, -0.05) is 43.7 Å². The van der Waals surface area contributed by atoms with Gasteiger partial charge in [0.2, 0.25) is 5.91 Å². The Labute approximate surface area is 145 Å². The number of benzene rings is 1. The van der Waals surface area contributed by atoms with Crippen molar-refractivity contribution < 1.29 is 4.79 Å². The van der Waals surface area contributed by atoms with Gasteiger partial charge in [-0.2, -0.15) is 0 Å². The van der Waals surface area contributed by atoms with E-state index in [1.54, 1.807) is 11.8 Å². The highest BCUT2D eigenvalue weighted by atomic mass is 32.2. The number of nitrogens with one attached hydrogen (secondary N) is 1. The second-order valence-electron chi connectivity index (χ2n) is 6.41. The number of thioether (sulfide) groups is 1. The number of carbonyl (C=O) groups excluding carboxylic acids is 1. The first kappa shape index (κ1) is 18.3. The number of carbonyl (C=O) groups is 1. The maximum atomic E-state index is 12.2. The molecule has 1 atom stereocenters. The van der Waals surface area contributed by atoms with Gasteiger partial charge in [-0.3, -0.25) is 9.69 Å². The average molecular weight is 335 g/mol. The molecule has 0 aliphatic carbocycles. The van der Waals surface area contributed by atoms with Gasteiger partial charge < -0.3 is 5.32 Å². The van der Waals surface area contributed by atoms with E-state index < -0.39 is 0 Å². The predicted molar refractivity (Wildman–Crippen MR) is 99.7 cm³/mol. The molecule has 0 aromatic heterocycles. The first-order valence-electron chi connectivity index (χ1n) is 8.87. The van der Waals surface area contributed by atoms with Crippen molar-refractivity contribution in [2.24, 2.45) is 0 Å². The molecule has 1 aromatic carbocycles. The summed E-state index contributed by atoms with van der Waals surface area (Å²) in [6, 6.07) is 11.0. The number of nitrogens with zero attached hydrogens (tertiary/aromatic N) is 1. The smallest absolute Gasteiger partial charge is 0.233 e. The minimum absolute atomic E-state index is 0.0731. The molecule has 1 heterocycles. The largest absolute Gasteiger partial charge is 0.352 e. The third-order valence-corrected chi connectivity index (χ3v) is 5.66. The van der Waals surface area contributed by atoms with E-state index in [4.69, 9.17) is 0 Å². The highest BCUT2D eigenvalue weighted by molar-refractivity contribution is 8.00. The SMILES string of the molecule is CCCCSC(C)C(=O)NC1CCN(Cc2ccccc2)CC1. The van der Waals surface area contributed by atoms with E-state index in [0.29, 0.717) is 6.04 Å². The van der Waals surface area contributed by atoms with E-state index in [1.165, 1.54) is 18.4 Å². The molecule has 1 unspecified atom stereocenters. The highest BCUT2D eigenvalue weighted by Crippen LogP contribution is 2.16. The van der Waals surface area contributed by atoms with Crippen LogP contribution in [0.3, 0.4) is 0 Å². The summed E-state index contributed by atoms with van der Waals surface area (Å²) in [5.74, 6) is 1.30. The summed E-state index contributed by atoms with van der Waals surface area (Å²) >= 11 is 1.78. The van der Waals surface area contributed by atoms with E-state index in [-0.39, 0.29) is 11.2 Å². The molecule has 1 N–H and O–H groups in total. The number of piperidine rings is 1. The van der Waals surface area contributed by atoms with Crippen LogP contribution in [-0.4, -0.2) is 40.9 Å². The van der Waals surface area contributed by atoms with Crippen molar-refractivity contribution in [2.75, 3.05) is 18.8 Å². The van der Waals surface area contributed by atoms with Crippen LogP contribution in [0.4, 0.5) is 0 Å². The third-order valence-electron chi connectivity index (χ3n) is 4.42. The van der Waals surface area contributed by atoms with E-state index in [0.717, 1.165) is 38.2 Å². The minimum atomic E-state index is 0.0731. The van der Waals surface area contributed by atoms with E-state index in [9.17, 15) is 4.79 Å². The molecule has 0 radical (unpaired) electrons. The third kappa shape index (κ3) is 6.56. The lowest BCUT2D eigenvalue weighted by Crippen LogP contribution is -2.46. The molecule has 0 spiro atoms. The number of hydrogen-bond donors (Lipinski definition) is 1. The minimum Gasteiger partial charge on any atom is -0.352 e. The molecule has 23 heavy (non-hydrogen) atoms. The zero-order chi connectivity index (χ0) is 16.5. The zero-order valence-corrected chi connectivity index (χ0v) is 15.3. The molecule has 1 aromatic rings. The van der Waals surface area contributed by atoms with Gasteiger partial charge in [0.15, 0.2) is 0 Å². The second kappa shape index (κ2) is 9.99. The Hall–Kier alpha value is -1.00. The topological polar surface area (TPSA) is 32.3 Å². The van der Waals surface area contributed by atoms with Gasteiger partial charge in [0, 0.05) is 25.7 Å². The molecule has 1 aliphatic rings. The number of likely N-dealkylation sites (tertiary alicyclic amines) is 1. The van der Waals surface area contributed by atoms with Crippen molar-refractivity contribution in [1.82, 2.24) is 10.2 Å². The van der Waals surface area contributed by atoms with Gasteiger partial charge in [-0.15, -0.1) is 11.8 Å². The fourth-order valence-corrected chi connectivity index (χ4v) is 3.90. The van der Waals surface area contributed by atoms with Crippen molar-refractivity contribution in [3.63, 3.8) is 0 Å². The summed E-state index contributed by atoms with van der Waals surface area (Å²) < 4.78 is 0. The molecule has 4 heteroatoms. The summed E-state index contributed by atoms with van der Waals surface area (Å²) in [5, 5.41) is 3.32. The molecule has 1 saturated heterocycles. The standard InChI is InChI=1S/C19H30N2OS/c1-3-4-14-23-16(2)19(22)20-18-10-12-21(13-11-18)15-17-8-6-5-7-9-17/h5-9,16,18H,3-4,10-15H2,1-2H3,(H,20,22). The van der Waals surface area contributed by atoms with Gasteiger partial charge in [0.1, 0.15) is 0 Å². The Morgan fingerprint density at radius 3 is 2.65 bits per heavy atom. The van der Waals surface area contributed by atoms with Gasteiger partial charge in [-0.25, -0.2) is 0 Å². The molecule has 0 saturated carbocycles. The van der Waals surface area contributed by atoms with Crippen LogP contribution < -0.4 is 5.32 Å². The Kier molecular flexibility index (Phi) is 7.96. The summed E-state index contributed by atoms with van der Waals surface area (Å²) in [6.07, 6.45) is 4.51. The molecule has 0 bridgehead atoms. The number of rotatable bonds is 8. The van der Waals surface area contributed by atoms with Crippen LogP contribution >= 0.6 is 11.8 Å². The van der Waals surface area contributed by atoms with E-state index in [1.807, 2.05) is 6.92 Å². The van der Waals surface area contributed by atoms with Gasteiger partial charge in [0.05, 0.1) is 5.25 Å². The van der Waals surface area contributed by atoms with Crippen LogP contribution in [0.25, 0.3) is 0 Å². The van der Waals surface area contributed by atoms with Crippen molar-refractivity contribution >= 4 is 17.7 Å². The maximum absolute atomic E-state index is 12.2. The van der Waals surface area contributed by atoms with Crippen LogP contribution in [0.15, 0.2) is 30.3 Å². The monoisotopic (exact) mass is 334 g/mol. The second-order valence-corrected chi connectivity index (χ2v) is 7.86. The van der Waals surface area contributed by atoms with Crippen molar-refractivity contribution in [3.05, 3.63) is 35.9 Å². The first-order valence-corrected chi connectivity index (χ1v) is 9.92. The first-order chi connectivity index (χ1) is 11.2. The van der Waals surface area contributed by atoms with Crippen molar-refractivity contribution in [2.45, 2.75) is 57.4 Å². The predicted octanol–water partition coefficient (Wildman–Crippen LogP) is 3.69. The number of hydrogen-bond acceptors (Lipinski definition) is 3. The number of unbranched alkanes of at least 4 members (excludes halogenated alkanes) is 1.